The Morgan fingerprint density at radius 1 is 1.38 bits per heavy atom. The summed E-state index contributed by atoms with van der Waals surface area (Å²) in [6.07, 6.45) is 1.84. The lowest BCUT2D eigenvalue weighted by Gasteiger charge is -2.24. The van der Waals surface area contributed by atoms with Gasteiger partial charge in [0, 0.05) is 25.1 Å². The van der Waals surface area contributed by atoms with Crippen molar-refractivity contribution in [3.8, 4) is 5.75 Å². The van der Waals surface area contributed by atoms with Crippen LogP contribution >= 0.6 is 11.3 Å². The average molecular weight is 367 g/mol. The number of benzene rings is 1. The van der Waals surface area contributed by atoms with Gasteiger partial charge in [-0.1, -0.05) is 12.1 Å². The van der Waals surface area contributed by atoms with E-state index in [0.717, 1.165) is 24.2 Å². The lowest BCUT2D eigenvalue weighted by molar-refractivity contribution is 0.0926. The number of sulfonamides is 1. The minimum atomic E-state index is -3.54. The van der Waals surface area contributed by atoms with Crippen LogP contribution in [-0.4, -0.2) is 39.1 Å². The maximum Gasteiger partial charge on any atom is 0.244 e. The van der Waals surface area contributed by atoms with Gasteiger partial charge in [-0.25, -0.2) is 8.42 Å². The van der Waals surface area contributed by atoms with Gasteiger partial charge in [0.2, 0.25) is 10.0 Å². The zero-order valence-electron chi connectivity index (χ0n) is 13.6. The molecule has 0 amide bonds. The van der Waals surface area contributed by atoms with Crippen LogP contribution in [0.3, 0.4) is 0 Å². The van der Waals surface area contributed by atoms with Crippen LogP contribution in [0.25, 0.3) is 0 Å². The summed E-state index contributed by atoms with van der Waals surface area (Å²) in [5, 5.41) is 3.45. The Bertz CT molecular complexity index is 753. The molecule has 1 atom stereocenters. The van der Waals surface area contributed by atoms with Crippen molar-refractivity contribution in [2.24, 2.45) is 0 Å². The Hall–Kier alpha value is -1.41. The van der Waals surface area contributed by atoms with Crippen molar-refractivity contribution in [2.45, 2.75) is 30.4 Å². The molecule has 0 spiro atoms. The van der Waals surface area contributed by atoms with Crippen molar-refractivity contribution in [2.75, 3.05) is 20.3 Å². The second-order valence-electron chi connectivity index (χ2n) is 5.74. The molecular weight excluding hydrogens is 346 g/mol. The predicted octanol–water partition coefficient (Wildman–Crippen LogP) is 3.13. The van der Waals surface area contributed by atoms with Crippen LogP contribution in [0.5, 0.6) is 5.75 Å². The first-order valence-electron chi connectivity index (χ1n) is 7.86. The van der Waals surface area contributed by atoms with Gasteiger partial charge in [0.15, 0.2) is 0 Å². The van der Waals surface area contributed by atoms with Gasteiger partial charge in [0.05, 0.1) is 18.1 Å². The van der Waals surface area contributed by atoms with Gasteiger partial charge >= 0.3 is 0 Å². The van der Waals surface area contributed by atoms with E-state index in [4.69, 9.17) is 9.47 Å². The highest BCUT2D eigenvalue weighted by Crippen LogP contribution is 2.24. The van der Waals surface area contributed by atoms with Crippen LogP contribution in [0.15, 0.2) is 46.0 Å². The zero-order valence-corrected chi connectivity index (χ0v) is 15.2. The molecule has 1 saturated heterocycles. The molecule has 7 heteroatoms. The van der Waals surface area contributed by atoms with E-state index in [0.29, 0.717) is 24.6 Å². The van der Waals surface area contributed by atoms with E-state index >= 15 is 0 Å². The number of thiophene rings is 1. The summed E-state index contributed by atoms with van der Waals surface area (Å²) in [4.78, 5) is 0.341. The van der Waals surface area contributed by atoms with Gasteiger partial charge in [-0.15, -0.1) is 0 Å². The van der Waals surface area contributed by atoms with Crippen molar-refractivity contribution >= 4 is 21.4 Å². The molecule has 2 aromatic rings. The smallest absolute Gasteiger partial charge is 0.244 e. The van der Waals surface area contributed by atoms with Crippen LogP contribution in [0.2, 0.25) is 0 Å². The molecule has 1 unspecified atom stereocenters. The Kier molecular flexibility index (Phi) is 5.55. The van der Waals surface area contributed by atoms with E-state index in [1.165, 1.54) is 15.6 Å². The summed E-state index contributed by atoms with van der Waals surface area (Å²) in [7, 11) is -1.94. The molecule has 0 saturated carbocycles. The van der Waals surface area contributed by atoms with Gasteiger partial charge in [0.25, 0.3) is 0 Å². The second-order valence-corrected chi connectivity index (χ2v) is 8.46. The summed E-state index contributed by atoms with van der Waals surface area (Å²) < 4.78 is 38.4. The highest BCUT2D eigenvalue weighted by molar-refractivity contribution is 7.89. The van der Waals surface area contributed by atoms with E-state index in [2.05, 4.69) is 0 Å². The Morgan fingerprint density at radius 2 is 2.25 bits per heavy atom. The first-order valence-corrected chi connectivity index (χ1v) is 10.2. The monoisotopic (exact) mass is 367 g/mol. The molecule has 1 aliphatic heterocycles. The summed E-state index contributed by atoms with van der Waals surface area (Å²) >= 11 is 1.38. The fraction of sp³-hybridized carbons (Fsp3) is 0.412. The number of nitrogens with zero attached hydrogens (tertiary/aromatic N) is 1. The Morgan fingerprint density at radius 3 is 2.92 bits per heavy atom. The maximum absolute atomic E-state index is 13.0. The molecular formula is C17H21NO4S2. The summed E-state index contributed by atoms with van der Waals surface area (Å²) in [6, 6.07) is 9.14. The van der Waals surface area contributed by atoms with Crippen molar-refractivity contribution in [3.05, 3.63) is 46.7 Å². The minimum absolute atomic E-state index is 0.0379. The zero-order chi connectivity index (χ0) is 17.0. The number of rotatable bonds is 7. The SMILES string of the molecule is COc1cccc(CN(CC2CCCO2)S(=O)(=O)c2ccsc2)c1. The third-order valence-corrected chi connectivity index (χ3v) is 6.70. The molecule has 130 valence electrons. The predicted molar refractivity (Wildman–Crippen MR) is 93.9 cm³/mol. The third kappa shape index (κ3) is 3.97. The molecule has 3 rings (SSSR count). The molecule has 0 aliphatic carbocycles. The van der Waals surface area contributed by atoms with Crippen LogP contribution < -0.4 is 4.74 Å². The summed E-state index contributed by atoms with van der Waals surface area (Å²) in [5.74, 6) is 0.720. The average Bonchev–Trinajstić information content (AvgIpc) is 3.28. The van der Waals surface area contributed by atoms with Crippen LogP contribution in [0.1, 0.15) is 18.4 Å². The molecule has 1 fully saturated rings. The van der Waals surface area contributed by atoms with Crippen LogP contribution in [0, 0.1) is 0 Å². The third-order valence-electron chi connectivity index (χ3n) is 4.06. The van der Waals surface area contributed by atoms with Crippen molar-refractivity contribution in [1.29, 1.82) is 0 Å². The number of hydrogen-bond acceptors (Lipinski definition) is 5. The highest BCUT2D eigenvalue weighted by Gasteiger charge is 2.29. The van der Waals surface area contributed by atoms with E-state index in [1.807, 2.05) is 24.3 Å². The molecule has 1 aromatic carbocycles. The van der Waals surface area contributed by atoms with Crippen LogP contribution in [-0.2, 0) is 21.3 Å². The lowest BCUT2D eigenvalue weighted by Crippen LogP contribution is -2.36. The molecule has 1 aromatic heterocycles. The lowest BCUT2D eigenvalue weighted by atomic mass is 10.2. The molecule has 0 N–H and O–H groups in total. The van der Waals surface area contributed by atoms with Gasteiger partial charge < -0.3 is 9.47 Å². The number of hydrogen-bond donors (Lipinski definition) is 0. The second kappa shape index (κ2) is 7.65. The Balaban J connectivity index is 1.86. The summed E-state index contributed by atoms with van der Waals surface area (Å²) in [5.41, 5.74) is 0.895. The first-order chi connectivity index (χ1) is 11.6. The van der Waals surface area contributed by atoms with Gasteiger partial charge in [-0.2, -0.15) is 15.6 Å². The number of ether oxygens (including phenoxy) is 2. The largest absolute Gasteiger partial charge is 0.497 e. The van der Waals surface area contributed by atoms with Crippen molar-refractivity contribution in [3.63, 3.8) is 0 Å². The quantitative estimate of drug-likeness (QED) is 0.754. The first kappa shape index (κ1) is 17.4. The molecule has 0 radical (unpaired) electrons. The molecule has 5 nitrogen and oxygen atoms in total. The molecule has 1 aliphatic rings. The number of methoxy groups -OCH3 is 1. The summed E-state index contributed by atoms with van der Waals surface area (Å²) in [6.45, 7) is 1.38. The van der Waals surface area contributed by atoms with Gasteiger partial charge in [0.1, 0.15) is 5.75 Å². The van der Waals surface area contributed by atoms with E-state index in [1.54, 1.807) is 23.9 Å². The molecule has 2 heterocycles. The minimum Gasteiger partial charge on any atom is -0.497 e. The fourth-order valence-corrected chi connectivity index (χ4v) is 5.26. The molecule has 24 heavy (non-hydrogen) atoms. The van der Waals surface area contributed by atoms with Crippen LogP contribution in [0.4, 0.5) is 0 Å². The van der Waals surface area contributed by atoms with E-state index < -0.39 is 10.0 Å². The Labute approximate surface area is 146 Å². The normalized spacial score (nSPS) is 18.2. The maximum atomic E-state index is 13.0. The fourth-order valence-electron chi connectivity index (χ4n) is 2.79. The van der Waals surface area contributed by atoms with Gasteiger partial charge in [-0.05, 0) is 42.0 Å². The topological polar surface area (TPSA) is 55.8 Å². The van der Waals surface area contributed by atoms with Crippen molar-refractivity contribution in [1.82, 2.24) is 4.31 Å². The van der Waals surface area contributed by atoms with Crippen molar-refractivity contribution < 1.29 is 17.9 Å². The standard InChI is InChI=1S/C17H21NO4S2/c1-21-15-5-2-4-14(10-15)11-18(12-16-6-3-8-22-16)24(19,20)17-7-9-23-13-17/h2,4-5,7,9-10,13,16H,3,6,8,11-12H2,1H3. The van der Waals surface area contributed by atoms with E-state index in [9.17, 15) is 8.42 Å². The highest BCUT2D eigenvalue weighted by atomic mass is 32.2. The van der Waals surface area contributed by atoms with Gasteiger partial charge in [-0.3, -0.25) is 0 Å². The molecule has 0 bridgehead atoms. The van der Waals surface area contributed by atoms with E-state index in [-0.39, 0.29) is 6.10 Å².